The number of hydrogen-bond acceptors (Lipinski definition) is 5. The number of benzene rings is 3. The van der Waals surface area contributed by atoms with E-state index >= 15 is 0 Å². The van der Waals surface area contributed by atoms with E-state index in [2.05, 4.69) is 14.9 Å². The number of amides is 1. The van der Waals surface area contributed by atoms with E-state index in [1.54, 1.807) is 48.3 Å². The van der Waals surface area contributed by atoms with Crippen molar-refractivity contribution >= 4 is 5.91 Å². The zero-order valence-electron chi connectivity index (χ0n) is 18.0. The van der Waals surface area contributed by atoms with E-state index in [4.69, 9.17) is 4.42 Å². The maximum Gasteiger partial charge on any atom is 0.387 e. The Morgan fingerprint density at radius 3 is 2.00 bits per heavy atom. The van der Waals surface area contributed by atoms with Crippen LogP contribution in [0.15, 0.2) is 77.2 Å². The lowest BCUT2D eigenvalue weighted by molar-refractivity contribution is -0.0498. The van der Waals surface area contributed by atoms with Crippen LogP contribution in [0.25, 0.3) is 22.9 Å². The fraction of sp³-hybridized carbons (Fsp3) is 0.160. The third-order valence-electron chi connectivity index (χ3n) is 5.02. The molecule has 4 aromatic rings. The Morgan fingerprint density at radius 2 is 1.45 bits per heavy atom. The van der Waals surface area contributed by atoms with Gasteiger partial charge in [0.1, 0.15) is 5.75 Å². The Hall–Kier alpha value is -4.07. The highest BCUT2D eigenvalue weighted by Gasteiger charge is 2.15. The predicted molar refractivity (Wildman–Crippen MR) is 119 cm³/mol. The number of hydrogen-bond donors (Lipinski definition) is 0. The molecule has 0 unspecified atom stereocenters. The molecule has 1 amide bonds. The normalized spacial score (nSPS) is 10.9. The van der Waals surface area contributed by atoms with Gasteiger partial charge >= 0.3 is 6.61 Å². The number of carbonyl (C=O) groups is 1. The average molecular weight is 449 g/mol. The number of aromatic nitrogens is 2. The fourth-order valence-corrected chi connectivity index (χ4v) is 3.25. The molecule has 0 fully saturated rings. The van der Waals surface area contributed by atoms with Gasteiger partial charge in [0.15, 0.2) is 0 Å². The van der Waals surface area contributed by atoms with Gasteiger partial charge in [-0.2, -0.15) is 8.78 Å². The van der Waals surface area contributed by atoms with Crippen LogP contribution in [0.2, 0.25) is 0 Å². The first kappa shape index (κ1) is 22.1. The van der Waals surface area contributed by atoms with Crippen molar-refractivity contribution < 1.29 is 22.7 Å². The van der Waals surface area contributed by atoms with Crippen molar-refractivity contribution in [2.75, 3.05) is 7.05 Å². The molecular formula is C25H21F2N3O3. The molecule has 4 rings (SSSR count). The summed E-state index contributed by atoms with van der Waals surface area (Å²) in [5.41, 5.74) is 3.97. The summed E-state index contributed by atoms with van der Waals surface area (Å²) in [5, 5.41) is 8.21. The molecule has 0 spiro atoms. The second kappa shape index (κ2) is 9.60. The van der Waals surface area contributed by atoms with Crippen molar-refractivity contribution in [3.05, 3.63) is 89.5 Å². The average Bonchev–Trinajstić information content (AvgIpc) is 3.30. The molecule has 0 saturated carbocycles. The fourth-order valence-electron chi connectivity index (χ4n) is 3.25. The molecule has 0 radical (unpaired) electrons. The molecule has 168 valence electrons. The third-order valence-corrected chi connectivity index (χ3v) is 5.02. The number of alkyl halides is 2. The quantitative estimate of drug-likeness (QED) is 0.368. The number of nitrogens with zero attached hydrogens (tertiary/aromatic N) is 3. The van der Waals surface area contributed by atoms with Crippen LogP contribution in [0.1, 0.15) is 21.5 Å². The molecule has 8 heteroatoms. The number of rotatable bonds is 7. The van der Waals surface area contributed by atoms with Crippen LogP contribution in [0.4, 0.5) is 8.78 Å². The standard InChI is InChI=1S/C25H21F2N3O3/c1-16-3-7-18(8-4-16)22-28-29-23(33-22)19-9-11-20(12-10-19)24(31)30(2)15-17-5-13-21(14-6-17)32-25(26)27/h3-14,25H,15H2,1-2H3. The minimum Gasteiger partial charge on any atom is -0.435 e. The summed E-state index contributed by atoms with van der Waals surface area (Å²) in [6, 6.07) is 20.9. The molecule has 3 aromatic carbocycles. The summed E-state index contributed by atoms with van der Waals surface area (Å²) in [6.45, 7) is -0.548. The van der Waals surface area contributed by atoms with Crippen LogP contribution in [-0.4, -0.2) is 34.7 Å². The summed E-state index contributed by atoms with van der Waals surface area (Å²) in [4.78, 5) is 14.3. The van der Waals surface area contributed by atoms with Crippen molar-refractivity contribution in [3.63, 3.8) is 0 Å². The van der Waals surface area contributed by atoms with Crippen LogP contribution in [0.5, 0.6) is 5.75 Å². The smallest absolute Gasteiger partial charge is 0.387 e. The van der Waals surface area contributed by atoms with E-state index in [-0.39, 0.29) is 11.7 Å². The molecule has 1 aromatic heterocycles. The zero-order chi connectivity index (χ0) is 23.4. The zero-order valence-corrected chi connectivity index (χ0v) is 18.0. The molecule has 0 aliphatic rings. The van der Waals surface area contributed by atoms with Gasteiger partial charge in [-0.15, -0.1) is 10.2 Å². The first-order valence-electron chi connectivity index (χ1n) is 10.2. The highest BCUT2D eigenvalue weighted by Crippen LogP contribution is 2.25. The second-order valence-corrected chi connectivity index (χ2v) is 7.54. The molecule has 0 aliphatic heterocycles. The molecule has 0 atom stereocenters. The molecular weight excluding hydrogens is 428 g/mol. The third kappa shape index (κ3) is 5.41. The van der Waals surface area contributed by atoms with Gasteiger partial charge in [-0.25, -0.2) is 0 Å². The topological polar surface area (TPSA) is 68.5 Å². The first-order valence-corrected chi connectivity index (χ1v) is 10.2. The Labute approximate surface area is 189 Å². The maximum atomic E-state index is 12.8. The van der Waals surface area contributed by atoms with E-state index in [9.17, 15) is 13.6 Å². The van der Waals surface area contributed by atoms with Gasteiger partial charge in [-0.1, -0.05) is 29.8 Å². The SMILES string of the molecule is Cc1ccc(-c2nnc(-c3ccc(C(=O)N(C)Cc4ccc(OC(F)F)cc4)cc3)o2)cc1. The lowest BCUT2D eigenvalue weighted by Gasteiger charge is -2.17. The van der Waals surface area contributed by atoms with Crippen molar-refractivity contribution in [2.45, 2.75) is 20.1 Å². The monoisotopic (exact) mass is 449 g/mol. The highest BCUT2D eigenvalue weighted by molar-refractivity contribution is 5.94. The molecule has 6 nitrogen and oxygen atoms in total. The minimum absolute atomic E-state index is 0.0740. The molecule has 0 bridgehead atoms. The van der Waals surface area contributed by atoms with E-state index in [0.29, 0.717) is 29.5 Å². The number of carbonyl (C=O) groups excluding carboxylic acids is 1. The predicted octanol–water partition coefficient (Wildman–Crippen LogP) is 5.59. The lowest BCUT2D eigenvalue weighted by Crippen LogP contribution is -2.26. The summed E-state index contributed by atoms with van der Waals surface area (Å²) in [6.07, 6.45) is 0. The maximum absolute atomic E-state index is 12.8. The Kier molecular flexibility index (Phi) is 6.44. The van der Waals surface area contributed by atoms with Crippen LogP contribution in [0, 0.1) is 6.92 Å². The second-order valence-electron chi connectivity index (χ2n) is 7.54. The molecule has 0 saturated heterocycles. The van der Waals surface area contributed by atoms with Gasteiger partial charge < -0.3 is 14.1 Å². The Balaban J connectivity index is 1.41. The summed E-state index contributed by atoms with van der Waals surface area (Å²) >= 11 is 0. The molecule has 0 aliphatic carbocycles. The van der Waals surface area contributed by atoms with E-state index in [1.165, 1.54) is 12.1 Å². The van der Waals surface area contributed by atoms with Crippen LogP contribution in [0.3, 0.4) is 0 Å². The van der Waals surface area contributed by atoms with Gasteiger partial charge in [0.2, 0.25) is 11.8 Å². The highest BCUT2D eigenvalue weighted by atomic mass is 19.3. The van der Waals surface area contributed by atoms with Gasteiger partial charge in [0, 0.05) is 30.3 Å². The molecule has 0 N–H and O–H groups in total. The first-order chi connectivity index (χ1) is 15.9. The van der Waals surface area contributed by atoms with Crippen molar-refractivity contribution in [2.24, 2.45) is 0 Å². The summed E-state index contributed by atoms with van der Waals surface area (Å²) in [7, 11) is 1.67. The number of aryl methyl sites for hydroxylation is 1. The Bertz CT molecular complexity index is 1220. The molecule has 1 heterocycles. The lowest BCUT2D eigenvalue weighted by atomic mass is 10.1. The van der Waals surface area contributed by atoms with E-state index in [0.717, 1.165) is 16.7 Å². The minimum atomic E-state index is -2.87. The van der Waals surface area contributed by atoms with Crippen LogP contribution < -0.4 is 4.74 Å². The van der Waals surface area contributed by atoms with Crippen molar-refractivity contribution in [3.8, 4) is 28.7 Å². The van der Waals surface area contributed by atoms with Crippen molar-refractivity contribution in [1.82, 2.24) is 15.1 Å². The summed E-state index contributed by atoms with van der Waals surface area (Å²) in [5.74, 6) is 0.684. The number of halogens is 2. The van der Waals surface area contributed by atoms with Gasteiger partial charge in [-0.3, -0.25) is 4.79 Å². The van der Waals surface area contributed by atoms with Gasteiger partial charge in [0.25, 0.3) is 5.91 Å². The van der Waals surface area contributed by atoms with Gasteiger partial charge in [0.05, 0.1) is 0 Å². The van der Waals surface area contributed by atoms with Crippen LogP contribution >= 0.6 is 0 Å². The molecule has 33 heavy (non-hydrogen) atoms. The van der Waals surface area contributed by atoms with E-state index < -0.39 is 6.61 Å². The van der Waals surface area contributed by atoms with E-state index in [1.807, 2.05) is 31.2 Å². The largest absolute Gasteiger partial charge is 0.435 e. The summed E-state index contributed by atoms with van der Waals surface area (Å²) < 4.78 is 34.7. The Morgan fingerprint density at radius 1 is 0.909 bits per heavy atom. The van der Waals surface area contributed by atoms with Crippen molar-refractivity contribution in [1.29, 1.82) is 0 Å². The van der Waals surface area contributed by atoms with Gasteiger partial charge in [-0.05, 0) is 61.0 Å². The van der Waals surface area contributed by atoms with Crippen LogP contribution in [-0.2, 0) is 6.54 Å². The number of ether oxygens (including phenoxy) is 1.